The summed E-state index contributed by atoms with van der Waals surface area (Å²) < 4.78 is 14.0. The summed E-state index contributed by atoms with van der Waals surface area (Å²) in [6, 6.07) is 0. The lowest BCUT2D eigenvalue weighted by Gasteiger charge is -2.64. The molecule has 1 aliphatic carbocycles. The number of halogens is 1. The molecule has 2 atom stereocenters. The Hall–Kier alpha value is 0.425. The number of rotatable bonds is 2. The van der Waals surface area contributed by atoms with Crippen LogP contribution < -0.4 is 0 Å². The fourth-order valence-corrected chi connectivity index (χ4v) is 3.17. The van der Waals surface area contributed by atoms with E-state index in [2.05, 4.69) is 36.9 Å². The standard InChI is InChI=1S/C12H23BFP/c1-6-11(12(13,14)15)7-10(5,8-11)9(2,3)4/h6-8,15H2,1-5H3. The van der Waals surface area contributed by atoms with Crippen LogP contribution in [-0.4, -0.2) is 13.2 Å². The lowest BCUT2D eigenvalue weighted by molar-refractivity contribution is -0.131. The molecule has 2 radical (unpaired) electrons. The summed E-state index contributed by atoms with van der Waals surface area (Å²) in [6.45, 7) is 11.0. The third-order valence-electron chi connectivity index (χ3n) is 4.76. The highest BCUT2D eigenvalue weighted by atomic mass is 31.0. The van der Waals surface area contributed by atoms with Crippen molar-refractivity contribution < 1.29 is 4.39 Å². The van der Waals surface area contributed by atoms with Gasteiger partial charge in [0, 0.05) is 0 Å². The molecule has 0 heterocycles. The van der Waals surface area contributed by atoms with Crippen molar-refractivity contribution in [1.29, 1.82) is 0 Å². The molecule has 86 valence electrons. The second kappa shape index (κ2) is 3.46. The smallest absolute Gasteiger partial charge is 0.127 e. The van der Waals surface area contributed by atoms with Crippen molar-refractivity contribution in [2.75, 3.05) is 0 Å². The maximum absolute atomic E-state index is 14.0. The molecule has 1 aliphatic rings. The zero-order valence-corrected chi connectivity index (χ0v) is 11.8. The Morgan fingerprint density at radius 1 is 1.33 bits per heavy atom. The van der Waals surface area contributed by atoms with Gasteiger partial charge in [0.05, 0.1) is 5.31 Å². The molecule has 3 heteroatoms. The van der Waals surface area contributed by atoms with Crippen LogP contribution in [-0.2, 0) is 0 Å². The van der Waals surface area contributed by atoms with Crippen LogP contribution >= 0.6 is 9.24 Å². The van der Waals surface area contributed by atoms with Crippen LogP contribution in [0, 0.1) is 16.2 Å². The molecule has 0 bridgehead atoms. The average Bonchev–Trinajstić information content (AvgIpc) is 1.93. The molecule has 1 rings (SSSR count). The van der Waals surface area contributed by atoms with E-state index in [9.17, 15) is 4.39 Å². The Balaban J connectivity index is 2.84. The van der Waals surface area contributed by atoms with Crippen molar-refractivity contribution in [3.63, 3.8) is 0 Å². The predicted octanol–water partition coefficient (Wildman–Crippen LogP) is 3.90. The molecular formula is C12H23BFP. The Labute approximate surface area is 97.4 Å². The third-order valence-corrected chi connectivity index (χ3v) is 5.37. The van der Waals surface area contributed by atoms with Gasteiger partial charge in [-0.05, 0) is 35.5 Å². The summed E-state index contributed by atoms with van der Waals surface area (Å²) in [7, 11) is 7.83. The van der Waals surface area contributed by atoms with Crippen LogP contribution in [0.15, 0.2) is 0 Å². The molecular weight excluding hydrogens is 205 g/mol. The van der Waals surface area contributed by atoms with E-state index >= 15 is 0 Å². The number of hydrogen-bond acceptors (Lipinski definition) is 0. The van der Waals surface area contributed by atoms with Crippen molar-refractivity contribution in [2.45, 2.75) is 59.2 Å². The van der Waals surface area contributed by atoms with Crippen molar-refractivity contribution >= 4 is 17.1 Å². The van der Waals surface area contributed by atoms with Crippen LogP contribution in [0.5, 0.6) is 0 Å². The zero-order valence-electron chi connectivity index (χ0n) is 10.7. The van der Waals surface area contributed by atoms with Crippen molar-refractivity contribution in [3.05, 3.63) is 0 Å². The minimum Gasteiger partial charge on any atom is -0.250 e. The number of alkyl halides is 1. The van der Waals surface area contributed by atoms with Gasteiger partial charge in [-0.25, -0.2) is 0 Å². The molecule has 0 spiro atoms. The predicted molar refractivity (Wildman–Crippen MR) is 68.8 cm³/mol. The fraction of sp³-hybridized carbons (Fsp3) is 1.00. The van der Waals surface area contributed by atoms with Gasteiger partial charge >= 0.3 is 0 Å². The van der Waals surface area contributed by atoms with Gasteiger partial charge in [0.15, 0.2) is 0 Å². The lowest BCUT2D eigenvalue weighted by Crippen LogP contribution is -2.58. The molecule has 0 nitrogen and oxygen atoms in total. The Morgan fingerprint density at radius 3 is 1.93 bits per heavy atom. The van der Waals surface area contributed by atoms with Gasteiger partial charge in [-0.3, -0.25) is 4.39 Å². The molecule has 0 aromatic heterocycles. The van der Waals surface area contributed by atoms with E-state index in [1.54, 1.807) is 0 Å². The van der Waals surface area contributed by atoms with Crippen LogP contribution in [0.25, 0.3) is 0 Å². The molecule has 0 aromatic rings. The van der Waals surface area contributed by atoms with Crippen LogP contribution in [0.2, 0.25) is 0 Å². The maximum atomic E-state index is 14.0. The summed E-state index contributed by atoms with van der Waals surface area (Å²) in [6.07, 6.45) is 2.59. The highest BCUT2D eigenvalue weighted by molar-refractivity contribution is 7.22. The van der Waals surface area contributed by atoms with E-state index in [0.717, 1.165) is 19.3 Å². The van der Waals surface area contributed by atoms with Crippen LogP contribution in [0.1, 0.15) is 53.9 Å². The van der Waals surface area contributed by atoms with Crippen LogP contribution in [0.3, 0.4) is 0 Å². The molecule has 0 amide bonds. The summed E-state index contributed by atoms with van der Waals surface area (Å²) in [4.78, 5) is 0. The SMILES string of the molecule is [B]C(F)(P)C1(CC)CC(C)(C(C)(C)C)C1. The molecule has 0 aliphatic heterocycles. The minimum absolute atomic E-state index is 0.219. The Morgan fingerprint density at radius 2 is 1.73 bits per heavy atom. The monoisotopic (exact) mass is 228 g/mol. The van der Waals surface area contributed by atoms with E-state index in [0.29, 0.717) is 0 Å². The summed E-state index contributed by atoms with van der Waals surface area (Å²) in [5, 5.41) is -1.62. The van der Waals surface area contributed by atoms with E-state index in [1.807, 2.05) is 6.92 Å². The molecule has 1 fully saturated rings. The number of hydrogen-bond donors (Lipinski definition) is 0. The van der Waals surface area contributed by atoms with E-state index in [1.165, 1.54) is 0 Å². The van der Waals surface area contributed by atoms with Crippen molar-refractivity contribution in [2.24, 2.45) is 16.2 Å². The van der Waals surface area contributed by atoms with E-state index < -0.39 is 5.31 Å². The highest BCUT2D eigenvalue weighted by Crippen LogP contribution is 2.68. The van der Waals surface area contributed by atoms with Crippen molar-refractivity contribution in [3.8, 4) is 0 Å². The van der Waals surface area contributed by atoms with Gasteiger partial charge in [0.1, 0.15) is 7.85 Å². The van der Waals surface area contributed by atoms with Gasteiger partial charge in [0.2, 0.25) is 0 Å². The Bertz CT molecular complexity index is 243. The molecule has 2 unspecified atom stereocenters. The highest BCUT2D eigenvalue weighted by Gasteiger charge is 2.61. The van der Waals surface area contributed by atoms with Gasteiger partial charge in [-0.1, -0.05) is 34.6 Å². The summed E-state index contributed by atoms with van der Waals surface area (Å²) in [5.41, 5.74) is 0.109. The van der Waals surface area contributed by atoms with Gasteiger partial charge in [-0.15, -0.1) is 9.24 Å². The molecule has 0 saturated heterocycles. The summed E-state index contributed by atoms with van der Waals surface area (Å²) in [5.74, 6) is 0. The minimum atomic E-state index is -1.62. The molecule has 15 heavy (non-hydrogen) atoms. The van der Waals surface area contributed by atoms with Crippen LogP contribution in [0.4, 0.5) is 4.39 Å². The first-order valence-corrected chi connectivity index (χ1v) is 6.32. The topological polar surface area (TPSA) is 0 Å². The normalized spacial score (nSPS) is 40.7. The first-order chi connectivity index (χ1) is 6.47. The molecule has 1 saturated carbocycles. The first kappa shape index (κ1) is 13.5. The average molecular weight is 228 g/mol. The maximum Gasteiger partial charge on any atom is 0.127 e. The molecule has 0 N–H and O–H groups in total. The second-order valence-corrected chi connectivity index (χ2v) is 7.41. The van der Waals surface area contributed by atoms with E-state index in [4.69, 9.17) is 7.85 Å². The Kier molecular flexibility index (Phi) is 3.11. The fourth-order valence-electron chi connectivity index (χ4n) is 2.76. The van der Waals surface area contributed by atoms with Gasteiger partial charge in [0.25, 0.3) is 0 Å². The van der Waals surface area contributed by atoms with Gasteiger partial charge in [-0.2, -0.15) is 0 Å². The first-order valence-electron chi connectivity index (χ1n) is 5.74. The van der Waals surface area contributed by atoms with Gasteiger partial charge < -0.3 is 0 Å². The second-order valence-electron chi connectivity index (χ2n) is 6.57. The van der Waals surface area contributed by atoms with Crippen molar-refractivity contribution in [1.82, 2.24) is 0 Å². The largest absolute Gasteiger partial charge is 0.250 e. The summed E-state index contributed by atoms with van der Waals surface area (Å²) >= 11 is 0. The quantitative estimate of drug-likeness (QED) is 0.496. The lowest BCUT2D eigenvalue weighted by atomic mass is 9.42. The third kappa shape index (κ3) is 1.99. The zero-order chi connectivity index (χ0) is 12.1. The molecule has 0 aromatic carbocycles. The van der Waals surface area contributed by atoms with E-state index in [-0.39, 0.29) is 16.2 Å².